The third-order valence-electron chi connectivity index (χ3n) is 3.58. The van der Waals surface area contributed by atoms with Gasteiger partial charge in [0.15, 0.2) is 0 Å². The average molecular weight is 262 g/mol. The van der Waals surface area contributed by atoms with Gasteiger partial charge in [0.2, 0.25) is 11.8 Å². The van der Waals surface area contributed by atoms with E-state index < -0.39 is 0 Å². The molecule has 1 aromatic rings. The number of rotatable bonds is 1. The third-order valence-corrected chi connectivity index (χ3v) is 3.89. The van der Waals surface area contributed by atoms with Crippen molar-refractivity contribution < 1.29 is 9.59 Å². The Labute approximate surface area is 110 Å². The lowest BCUT2D eigenvalue weighted by Crippen LogP contribution is -2.30. The molecule has 1 fully saturated rings. The van der Waals surface area contributed by atoms with Crippen LogP contribution >= 0.6 is 11.6 Å². The van der Waals surface area contributed by atoms with Gasteiger partial charge in [-0.2, -0.15) is 0 Å². The minimum Gasteiger partial charge on any atom is -0.274 e. The Morgan fingerprint density at radius 2 is 1.72 bits per heavy atom. The van der Waals surface area contributed by atoms with Crippen molar-refractivity contribution in [2.24, 2.45) is 11.8 Å². The maximum atomic E-state index is 12.3. The molecule has 0 radical (unpaired) electrons. The smallest absolute Gasteiger partial charge is 0.238 e. The maximum Gasteiger partial charge on any atom is 0.238 e. The number of hydrogen-bond acceptors (Lipinski definition) is 2. The summed E-state index contributed by atoms with van der Waals surface area (Å²) in [5, 5.41) is 0.687. The Morgan fingerprint density at radius 3 is 2.44 bits per heavy atom. The normalized spacial score (nSPS) is 27.2. The van der Waals surface area contributed by atoms with Gasteiger partial charge in [-0.15, -0.1) is 0 Å². The molecule has 1 saturated heterocycles. The molecule has 1 heterocycles. The van der Waals surface area contributed by atoms with Crippen molar-refractivity contribution in [1.82, 2.24) is 0 Å². The summed E-state index contributed by atoms with van der Waals surface area (Å²) in [7, 11) is 0. The van der Waals surface area contributed by atoms with Crippen molar-refractivity contribution in [3.63, 3.8) is 0 Å². The molecule has 0 N–H and O–H groups in total. The molecule has 2 amide bonds. The second-order valence-electron chi connectivity index (χ2n) is 4.65. The predicted molar refractivity (Wildman–Crippen MR) is 69.1 cm³/mol. The fourth-order valence-corrected chi connectivity index (χ4v) is 2.91. The number of imide groups is 1. The van der Waals surface area contributed by atoms with E-state index >= 15 is 0 Å². The molecule has 1 aliphatic heterocycles. The first-order valence-electron chi connectivity index (χ1n) is 5.96. The first-order valence-corrected chi connectivity index (χ1v) is 6.33. The van der Waals surface area contributed by atoms with E-state index in [1.807, 2.05) is 24.3 Å². The molecule has 1 aromatic carbocycles. The number of para-hydroxylation sites is 1. The Balaban J connectivity index is 1.96. The number of amides is 2. The Kier molecular flexibility index (Phi) is 2.71. The molecular formula is C14H12ClNO2. The van der Waals surface area contributed by atoms with Gasteiger partial charge >= 0.3 is 0 Å². The monoisotopic (exact) mass is 261 g/mol. The summed E-state index contributed by atoms with van der Waals surface area (Å²) in [6.07, 6.45) is 2.90. The van der Waals surface area contributed by atoms with Crippen LogP contribution in [0.15, 0.2) is 41.4 Å². The van der Waals surface area contributed by atoms with E-state index in [0.717, 1.165) is 0 Å². The summed E-state index contributed by atoms with van der Waals surface area (Å²) in [4.78, 5) is 25.9. The van der Waals surface area contributed by atoms with Crippen molar-refractivity contribution in [2.75, 3.05) is 4.90 Å². The van der Waals surface area contributed by atoms with E-state index in [9.17, 15) is 9.59 Å². The highest BCUT2D eigenvalue weighted by molar-refractivity contribution is 6.30. The molecule has 1 aliphatic carbocycles. The molecule has 0 aromatic heterocycles. The molecule has 92 valence electrons. The van der Waals surface area contributed by atoms with Gasteiger partial charge in [0.05, 0.1) is 17.5 Å². The molecular weight excluding hydrogens is 250 g/mol. The van der Waals surface area contributed by atoms with E-state index in [2.05, 4.69) is 0 Å². The number of nitrogens with zero attached hydrogens (tertiary/aromatic N) is 1. The lowest BCUT2D eigenvalue weighted by Gasteiger charge is -2.17. The van der Waals surface area contributed by atoms with Gasteiger partial charge < -0.3 is 0 Å². The van der Waals surface area contributed by atoms with Crippen molar-refractivity contribution >= 4 is 29.1 Å². The van der Waals surface area contributed by atoms with Crippen molar-refractivity contribution in [1.29, 1.82) is 0 Å². The second kappa shape index (κ2) is 4.25. The third kappa shape index (κ3) is 1.66. The molecule has 0 saturated carbocycles. The quantitative estimate of drug-likeness (QED) is 0.729. The number of hydrogen-bond donors (Lipinski definition) is 0. The number of carbonyl (C=O) groups is 2. The summed E-state index contributed by atoms with van der Waals surface area (Å²) in [5.74, 6) is -0.741. The first-order chi connectivity index (χ1) is 8.68. The summed E-state index contributed by atoms with van der Waals surface area (Å²) < 4.78 is 0. The largest absolute Gasteiger partial charge is 0.274 e. The van der Waals surface area contributed by atoms with Crippen LogP contribution in [0.5, 0.6) is 0 Å². The van der Waals surface area contributed by atoms with Crippen LogP contribution in [0.1, 0.15) is 12.8 Å². The van der Waals surface area contributed by atoms with Gasteiger partial charge in [-0.1, -0.05) is 35.9 Å². The molecule has 0 bridgehead atoms. The molecule has 2 aliphatic rings. The molecule has 3 nitrogen and oxygen atoms in total. The van der Waals surface area contributed by atoms with Crippen LogP contribution in [0, 0.1) is 11.8 Å². The highest BCUT2D eigenvalue weighted by Gasteiger charge is 2.48. The summed E-state index contributed by atoms with van der Waals surface area (Å²) >= 11 is 5.97. The van der Waals surface area contributed by atoms with Gasteiger partial charge in [-0.3, -0.25) is 14.5 Å². The molecule has 2 atom stereocenters. The number of anilines is 1. The molecule has 0 unspecified atom stereocenters. The fraction of sp³-hybridized carbons (Fsp3) is 0.286. The van der Waals surface area contributed by atoms with Crippen LogP contribution in [0.25, 0.3) is 0 Å². The number of benzene rings is 1. The van der Waals surface area contributed by atoms with E-state index in [1.54, 1.807) is 12.1 Å². The Hall–Kier alpha value is -1.61. The van der Waals surface area contributed by atoms with Gasteiger partial charge in [0, 0.05) is 5.03 Å². The summed E-state index contributed by atoms with van der Waals surface area (Å²) in [6.45, 7) is 0. The first kappa shape index (κ1) is 11.5. The van der Waals surface area contributed by atoms with E-state index in [4.69, 9.17) is 11.6 Å². The maximum absolute atomic E-state index is 12.3. The zero-order valence-corrected chi connectivity index (χ0v) is 10.4. The van der Waals surface area contributed by atoms with Gasteiger partial charge in [-0.25, -0.2) is 0 Å². The Morgan fingerprint density at radius 1 is 1.06 bits per heavy atom. The highest BCUT2D eigenvalue weighted by atomic mass is 35.5. The van der Waals surface area contributed by atoms with Gasteiger partial charge in [0.1, 0.15) is 0 Å². The van der Waals surface area contributed by atoms with Crippen LogP contribution in [-0.2, 0) is 9.59 Å². The second-order valence-corrected chi connectivity index (χ2v) is 5.14. The molecule has 4 heteroatoms. The summed E-state index contributed by atoms with van der Waals surface area (Å²) in [5.41, 5.74) is 0.651. The zero-order valence-electron chi connectivity index (χ0n) is 9.67. The van der Waals surface area contributed by atoms with E-state index in [0.29, 0.717) is 23.6 Å². The fourth-order valence-electron chi connectivity index (χ4n) is 2.66. The Bertz CT molecular complexity index is 538. The minimum atomic E-state index is -0.282. The average Bonchev–Trinajstić information content (AvgIpc) is 2.63. The number of carbonyl (C=O) groups excluding carboxylic acids is 2. The van der Waals surface area contributed by atoms with E-state index in [-0.39, 0.29) is 23.7 Å². The predicted octanol–water partition coefficient (Wildman–Crippen LogP) is 2.71. The standard InChI is InChI=1S/C14H12ClNO2/c15-9-6-7-11-12(8-9)14(18)16(13(11)17)10-4-2-1-3-5-10/h1-6,11-12H,7-8H2/t11-,12-/m0/s1. The lowest BCUT2D eigenvalue weighted by atomic mass is 9.85. The van der Waals surface area contributed by atoms with Crippen LogP contribution in [0.2, 0.25) is 0 Å². The van der Waals surface area contributed by atoms with Crippen LogP contribution in [0.3, 0.4) is 0 Å². The van der Waals surface area contributed by atoms with Crippen LogP contribution in [-0.4, -0.2) is 11.8 Å². The lowest BCUT2D eigenvalue weighted by molar-refractivity contribution is -0.122. The highest BCUT2D eigenvalue weighted by Crippen LogP contribution is 2.40. The SMILES string of the molecule is O=C1[C@H]2CC=C(Cl)C[C@@H]2C(=O)N1c1ccccc1. The number of fused-ring (bicyclic) bond motifs is 1. The van der Waals surface area contributed by atoms with Gasteiger partial charge in [-0.05, 0) is 25.0 Å². The summed E-state index contributed by atoms with van der Waals surface area (Å²) in [6, 6.07) is 9.07. The van der Waals surface area contributed by atoms with Crippen LogP contribution in [0.4, 0.5) is 5.69 Å². The van der Waals surface area contributed by atoms with Gasteiger partial charge in [0.25, 0.3) is 0 Å². The minimum absolute atomic E-state index is 0.100. The van der Waals surface area contributed by atoms with Crippen LogP contribution < -0.4 is 4.90 Å². The van der Waals surface area contributed by atoms with Crippen molar-refractivity contribution in [3.05, 3.63) is 41.4 Å². The zero-order chi connectivity index (χ0) is 12.7. The molecule has 3 rings (SSSR count). The topological polar surface area (TPSA) is 37.4 Å². The molecule has 0 spiro atoms. The van der Waals surface area contributed by atoms with Crippen molar-refractivity contribution in [3.8, 4) is 0 Å². The number of allylic oxidation sites excluding steroid dienone is 2. The van der Waals surface area contributed by atoms with Crippen molar-refractivity contribution in [2.45, 2.75) is 12.8 Å². The van der Waals surface area contributed by atoms with E-state index in [1.165, 1.54) is 4.90 Å². The number of halogens is 1. The molecule has 18 heavy (non-hydrogen) atoms.